The lowest BCUT2D eigenvalue weighted by atomic mass is 9.83. The number of benzene rings is 1. The molecule has 1 fully saturated rings. The summed E-state index contributed by atoms with van der Waals surface area (Å²) in [5.41, 5.74) is 1.58. The fourth-order valence-corrected chi connectivity index (χ4v) is 4.48. The molecule has 1 aliphatic carbocycles. The zero-order valence-corrected chi connectivity index (χ0v) is 20.1. The summed E-state index contributed by atoms with van der Waals surface area (Å²) in [6, 6.07) is 3.25. The molecule has 2 rings (SSSR count). The van der Waals surface area contributed by atoms with Crippen molar-refractivity contribution in [3.63, 3.8) is 0 Å². The third-order valence-corrected chi connectivity index (χ3v) is 11.2. The quantitative estimate of drug-likeness (QED) is 0.399. The molecule has 1 aliphatic rings. The van der Waals surface area contributed by atoms with Crippen LogP contribution >= 0.6 is 15.9 Å². The van der Waals surface area contributed by atoms with Gasteiger partial charge in [-0.15, -0.1) is 0 Å². The SMILES string of the molecule is CNc1cc(F)c(Br)cc1C#C[C@H]1CC[C@H](CO[Si](C)(C)C(C)(C)C)CC1. The zero-order chi connectivity index (χ0) is 20.2. The van der Waals surface area contributed by atoms with Crippen molar-refractivity contribution in [1.29, 1.82) is 0 Å². The molecule has 0 radical (unpaired) electrons. The van der Waals surface area contributed by atoms with Crippen molar-refractivity contribution in [1.82, 2.24) is 0 Å². The third kappa shape index (κ3) is 6.07. The Balaban J connectivity index is 1.91. The molecule has 0 spiro atoms. The summed E-state index contributed by atoms with van der Waals surface area (Å²) in [4.78, 5) is 0. The minimum atomic E-state index is -1.66. The second-order valence-corrected chi connectivity index (χ2v) is 14.8. The van der Waals surface area contributed by atoms with Crippen LogP contribution in [0.15, 0.2) is 16.6 Å². The summed E-state index contributed by atoms with van der Waals surface area (Å²) in [5.74, 6) is 7.48. The van der Waals surface area contributed by atoms with E-state index < -0.39 is 8.32 Å². The lowest BCUT2D eigenvalue weighted by molar-refractivity contribution is 0.183. The van der Waals surface area contributed by atoms with Crippen molar-refractivity contribution in [2.45, 2.75) is 64.6 Å². The Morgan fingerprint density at radius 1 is 1.22 bits per heavy atom. The van der Waals surface area contributed by atoms with Crippen LogP contribution in [0.1, 0.15) is 52.0 Å². The average Bonchev–Trinajstić information content (AvgIpc) is 2.60. The average molecular weight is 455 g/mol. The molecular weight excluding hydrogens is 421 g/mol. The first kappa shape index (κ1) is 22.5. The number of anilines is 1. The maximum Gasteiger partial charge on any atom is 0.191 e. The zero-order valence-electron chi connectivity index (χ0n) is 17.5. The monoisotopic (exact) mass is 453 g/mol. The van der Waals surface area contributed by atoms with Crippen molar-refractivity contribution in [3.8, 4) is 11.8 Å². The van der Waals surface area contributed by atoms with Crippen molar-refractivity contribution < 1.29 is 8.82 Å². The van der Waals surface area contributed by atoms with E-state index >= 15 is 0 Å². The van der Waals surface area contributed by atoms with Crippen LogP contribution in [0.2, 0.25) is 18.1 Å². The van der Waals surface area contributed by atoms with E-state index in [1.165, 1.54) is 18.9 Å². The molecule has 0 aliphatic heterocycles. The highest BCUT2D eigenvalue weighted by Crippen LogP contribution is 2.38. The van der Waals surface area contributed by atoms with E-state index in [1.54, 1.807) is 13.1 Å². The molecule has 5 heteroatoms. The molecule has 0 heterocycles. The Morgan fingerprint density at radius 2 is 1.85 bits per heavy atom. The molecule has 1 aromatic rings. The van der Waals surface area contributed by atoms with Gasteiger partial charge < -0.3 is 9.74 Å². The predicted molar refractivity (Wildman–Crippen MR) is 119 cm³/mol. The highest BCUT2D eigenvalue weighted by Gasteiger charge is 2.37. The molecule has 27 heavy (non-hydrogen) atoms. The summed E-state index contributed by atoms with van der Waals surface area (Å²) in [6.07, 6.45) is 4.60. The number of nitrogens with one attached hydrogen (secondary N) is 1. The van der Waals surface area contributed by atoms with Gasteiger partial charge in [-0.1, -0.05) is 32.6 Å². The first-order valence-electron chi connectivity index (χ1n) is 9.86. The van der Waals surface area contributed by atoms with E-state index in [2.05, 4.69) is 67.0 Å². The molecular formula is C22H33BrFNOSi. The minimum Gasteiger partial charge on any atom is -0.417 e. The van der Waals surface area contributed by atoms with Gasteiger partial charge in [-0.3, -0.25) is 0 Å². The predicted octanol–water partition coefficient (Wildman–Crippen LogP) is 6.81. The molecule has 2 nitrogen and oxygen atoms in total. The van der Waals surface area contributed by atoms with E-state index in [0.29, 0.717) is 16.3 Å². The van der Waals surface area contributed by atoms with Crippen LogP contribution in [-0.2, 0) is 4.43 Å². The molecule has 0 bridgehead atoms. The second-order valence-electron chi connectivity index (χ2n) is 9.12. The van der Waals surface area contributed by atoms with Crippen molar-refractivity contribution in [3.05, 3.63) is 28.0 Å². The van der Waals surface area contributed by atoms with Crippen LogP contribution in [0.4, 0.5) is 10.1 Å². The van der Waals surface area contributed by atoms with Gasteiger partial charge in [0.2, 0.25) is 0 Å². The van der Waals surface area contributed by atoms with Gasteiger partial charge in [-0.05, 0) is 77.8 Å². The third-order valence-electron chi connectivity index (χ3n) is 6.07. The fraction of sp³-hybridized carbons (Fsp3) is 0.636. The topological polar surface area (TPSA) is 21.3 Å². The molecule has 0 saturated heterocycles. The van der Waals surface area contributed by atoms with Crippen molar-refractivity contribution in [2.24, 2.45) is 11.8 Å². The Bertz CT molecular complexity index is 709. The van der Waals surface area contributed by atoms with E-state index in [0.717, 1.165) is 30.7 Å². The van der Waals surface area contributed by atoms with Gasteiger partial charge in [0.1, 0.15) is 5.82 Å². The van der Waals surface area contributed by atoms with Crippen molar-refractivity contribution >= 4 is 29.9 Å². The van der Waals surface area contributed by atoms with Gasteiger partial charge >= 0.3 is 0 Å². The van der Waals surface area contributed by atoms with Gasteiger partial charge in [0.05, 0.1) is 10.2 Å². The Kier molecular flexibility index (Phi) is 7.58. The number of halogens is 2. The van der Waals surface area contributed by atoms with Crippen LogP contribution in [-0.4, -0.2) is 22.0 Å². The summed E-state index contributed by atoms with van der Waals surface area (Å²) >= 11 is 3.25. The largest absolute Gasteiger partial charge is 0.417 e. The smallest absolute Gasteiger partial charge is 0.191 e. The molecule has 0 unspecified atom stereocenters. The van der Waals surface area contributed by atoms with Gasteiger partial charge in [-0.2, -0.15) is 0 Å². The lowest BCUT2D eigenvalue weighted by Gasteiger charge is -2.38. The molecule has 1 saturated carbocycles. The van der Waals surface area contributed by atoms with Crippen LogP contribution < -0.4 is 5.32 Å². The van der Waals surface area contributed by atoms with Gasteiger partial charge in [0.25, 0.3) is 0 Å². The summed E-state index contributed by atoms with van der Waals surface area (Å²) < 4.78 is 20.5. The van der Waals surface area contributed by atoms with Crippen LogP contribution in [0.5, 0.6) is 0 Å². The molecule has 0 aromatic heterocycles. The molecule has 1 N–H and O–H groups in total. The second kappa shape index (κ2) is 9.11. The molecule has 0 amide bonds. The number of hydrogen-bond donors (Lipinski definition) is 1. The highest BCUT2D eigenvalue weighted by atomic mass is 79.9. The molecule has 150 valence electrons. The van der Waals surface area contributed by atoms with Crippen molar-refractivity contribution in [2.75, 3.05) is 19.0 Å². The lowest BCUT2D eigenvalue weighted by Crippen LogP contribution is -2.42. The van der Waals surface area contributed by atoms with Gasteiger partial charge in [0.15, 0.2) is 8.32 Å². The maximum atomic E-state index is 13.7. The summed E-state index contributed by atoms with van der Waals surface area (Å²) in [7, 11) is 0.137. The number of rotatable bonds is 4. The minimum absolute atomic E-state index is 0.268. The van der Waals surface area contributed by atoms with E-state index in [-0.39, 0.29) is 10.9 Å². The Hall–Kier alpha value is -0.833. The Morgan fingerprint density at radius 3 is 2.41 bits per heavy atom. The highest BCUT2D eigenvalue weighted by molar-refractivity contribution is 9.10. The Labute approximate surface area is 173 Å². The van der Waals surface area contributed by atoms with E-state index in [4.69, 9.17) is 4.43 Å². The molecule has 0 atom stereocenters. The van der Waals surface area contributed by atoms with E-state index in [1.807, 2.05) is 0 Å². The fourth-order valence-electron chi connectivity index (χ4n) is 3.05. The van der Waals surface area contributed by atoms with Crippen LogP contribution in [0, 0.1) is 29.5 Å². The van der Waals surface area contributed by atoms with Gasteiger partial charge in [0, 0.05) is 25.1 Å². The first-order chi connectivity index (χ1) is 12.5. The summed E-state index contributed by atoms with van der Waals surface area (Å²) in [5, 5.41) is 3.29. The van der Waals surface area contributed by atoms with Gasteiger partial charge in [-0.25, -0.2) is 4.39 Å². The number of hydrogen-bond acceptors (Lipinski definition) is 2. The van der Waals surface area contributed by atoms with E-state index in [9.17, 15) is 4.39 Å². The summed E-state index contributed by atoms with van der Waals surface area (Å²) in [6.45, 7) is 12.4. The first-order valence-corrected chi connectivity index (χ1v) is 13.6. The normalized spacial score (nSPS) is 20.7. The molecule has 1 aromatic carbocycles. The van der Waals surface area contributed by atoms with Crippen LogP contribution in [0.3, 0.4) is 0 Å². The van der Waals surface area contributed by atoms with Crippen LogP contribution in [0.25, 0.3) is 0 Å². The standard InChI is InChI=1S/C22H33BrFNOSi/c1-22(2,3)27(5,6)26-15-17-9-7-16(8-10-17)11-12-18-13-19(23)20(24)14-21(18)25-4/h13-14,16-17,25H,7-10,15H2,1-6H3/t16-,17-. The maximum absolute atomic E-state index is 13.7.